The summed E-state index contributed by atoms with van der Waals surface area (Å²) in [5.74, 6) is 0.339. The summed E-state index contributed by atoms with van der Waals surface area (Å²) in [5, 5.41) is 9.00. The van der Waals surface area contributed by atoms with E-state index in [1.165, 1.54) is 11.8 Å². The van der Waals surface area contributed by atoms with E-state index in [1.54, 1.807) is 6.20 Å². The SMILES string of the molecule is N#Cc1nccnc1OC1CCN(Cc2ccccc2)C1. The Hall–Kier alpha value is -2.45. The molecule has 0 N–H and O–H groups in total. The van der Waals surface area contributed by atoms with E-state index in [2.05, 4.69) is 39.1 Å². The van der Waals surface area contributed by atoms with Crippen LogP contribution in [0, 0.1) is 11.3 Å². The highest BCUT2D eigenvalue weighted by molar-refractivity contribution is 5.30. The highest BCUT2D eigenvalue weighted by Gasteiger charge is 2.25. The van der Waals surface area contributed by atoms with E-state index in [9.17, 15) is 0 Å². The van der Waals surface area contributed by atoms with Gasteiger partial charge in [0.25, 0.3) is 5.88 Å². The van der Waals surface area contributed by atoms with E-state index >= 15 is 0 Å². The maximum atomic E-state index is 9.00. The largest absolute Gasteiger partial charge is 0.471 e. The smallest absolute Gasteiger partial charge is 0.251 e. The summed E-state index contributed by atoms with van der Waals surface area (Å²) in [6.45, 7) is 2.75. The average molecular weight is 280 g/mol. The molecular weight excluding hydrogens is 264 g/mol. The van der Waals surface area contributed by atoms with E-state index in [-0.39, 0.29) is 11.8 Å². The number of nitriles is 1. The summed E-state index contributed by atoms with van der Waals surface area (Å²) in [6.07, 6.45) is 4.06. The van der Waals surface area contributed by atoms with E-state index in [4.69, 9.17) is 10.00 Å². The minimum Gasteiger partial charge on any atom is -0.471 e. The molecule has 5 nitrogen and oxygen atoms in total. The molecule has 0 aliphatic carbocycles. The molecule has 2 heterocycles. The molecule has 2 aromatic rings. The minimum atomic E-state index is 0.0671. The number of aromatic nitrogens is 2. The van der Waals surface area contributed by atoms with Crippen molar-refractivity contribution in [2.24, 2.45) is 0 Å². The molecule has 1 aromatic carbocycles. The van der Waals surface area contributed by atoms with Gasteiger partial charge in [-0.25, -0.2) is 9.97 Å². The molecule has 0 saturated carbocycles. The first-order valence-corrected chi connectivity index (χ1v) is 6.99. The standard InChI is InChI=1S/C16H16N4O/c17-10-15-16(19-8-7-18-15)21-14-6-9-20(12-14)11-13-4-2-1-3-5-13/h1-5,7-8,14H,6,9,11-12H2. The van der Waals surface area contributed by atoms with Gasteiger partial charge in [0.15, 0.2) is 0 Å². The Labute approximate surface area is 123 Å². The topological polar surface area (TPSA) is 62.0 Å². The van der Waals surface area contributed by atoms with E-state index in [0.717, 1.165) is 26.1 Å². The Morgan fingerprint density at radius 2 is 2.05 bits per heavy atom. The zero-order valence-corrected chi connectivity index (χ0v) is 11.6. The Balaban J connectivity index is 1.59. The van der Waals surface area contributed by atoms with Gasteiger partial charge in [0.1, 0.15) is 12.2 Å². The highest BCUT2D eigenvalue weighted by Crippen LogP contribution is 2.19. The van der Waals surface area contributed by atoms with Crippen LogP contribution in [0.4, 0.5) is 0 Å². The summed E-state index contributed by atoms with van der Waals surface area (Å²) in [4.78, 5) is 10.4. The first-order valence-electron chi connectivity index (χ1n) is 6.99. The van der Waals surface area contributed by atoms with Crippen molar-refractivity contribution in [1.82, 2.24) is 14.9 Å². The third-order valence-electron chi connectivity index (χ3n) is 3.53. The van der Waals surface area contributed by atoms with Crippen LogP contribution in [-0.4, -0.2) is 34.1 Å². The molecule has 5 heteroatoms. The van der Waals surface area contributed by atoms with Gasteiger partial charge in [0, 0.05) is 32.0 Å². The second-order valence-corrected chi connectivity index (χ2v) is 5.07. The summed E-state index contributed by atoms with van der Waals surface area (Å²) in [6, 6.07) is 12.4. The van der Waals surface area contributed by atoms with Crippen LogP contribution in [0.5, 0.6) is 5.88 Å². The van der Waals surface area contributed by atoms with Crippen molar-refractivity contribution < 1.29 is 4.74 Å². The fraction of sp³-hybridized carbons (Fsp3) is 0.312. The van der Waals surface area contributed by atoms with Gasteiger partial charge in [0.05, 0.1) is 0 Å². The van der Waals surface area contributed by atoms with Crippen LogP contribution in [0.15, 0.2) is 42.7 Å². The molecule has 0 radical (unpaired) electrons. The Kier molecular flexibility index (Phi) is 4.08. The lowest BCUT2D eigenvalue weighted by atomic mass is 10.2. The molecule has 1 aliphatic heterocycles. The third kappa shape index (κ3) is 3.36. The Morgan fingerprint density at radius 3 is 2.86 bits per heavy atom. The van der Waals surface area contributed by atoms with Crippen molar-refractivity contribution >= 4 is 0 Å². The lowest BCUT2D eigenvalue weighted by molar-refractivity contribution is 0.190. The second kappa shape index (κ2) is 6.33. The van der Waals surface area contributed by atoms with Crippen LogP contribution in [0.25, 0.3) is 0 Å². The molecule has 1 fully saturated rings. The van der Waals surface area contributed by atoms with Gasteiger partial charge in [-0.2, -0.15) is 5.26 Å². The Morgan fingerprint density at radius 1 is 1.24 bits per heavy atom. The van der Waals surface area contributed by atoms with Crippen molar-refractivity contribution in [3.63, 3.8) is 0 Å². The molecule has 106 valence electrons. The molecule has 1 atom stereocenters. The number of hydrogen-bond acceptors (Lipinski definition) is 5. The van der Waals surface area contributed by atoms with Crippen LogP contribution >= 0.6 is 0 Å². The molecule has 3 rings (SSSR count). The van der Waals surface area contributed by atoms with Crippen molar-refractivity contribution in [3.8, 4) is 11.9 Å². The quantitative estimate of drug-likeness (QED) is 0.857. The fourth-order valence-electron chi connectivity index (χ4n) is 2.52. The van der Waals surface area contributed by atoms with Crippen LogP contribution in [0.2, 0.25) is 0 Å². The van der Waals surface area contributed by atoms with Gasteiger partial charge in [-0.05, 0) is 12.0 Å². The molecule has 1 aromatic heterocycles. The van der Waals surface area contributed by atoms with Crippen LogP contribution in [0.1, 0.15) is 17.7 Å². The predicted octanol–water partition coefficient (Wildman–Crippen LogP) is 2.00. The van der Waals surface area contributed by atoms with Crippen LogP contribution in [-0.2, 0) is 6.54 Å². The van der Waals surface area contributed by atoms with Crippen molar-refractivity contribution in [1.29, 1.82) is 5.26 Å². The number of nitrogens with zero attached hydrogens (tertiary/aromatic N) is 4. The molecule has 0 spiro atoms. The zero-order valence-electron chi connectivity index (χ0n) is 11.6. The van der Waals surface area contributed by atoms with Gasteiger partial charge in [-0.15, -0.1) is 0 Å². The predicted molar refractivity (Wildman–Crippen MR) is 77.5 cm³/mol. The minimum absolute atomic E-state index is 0.0671. The number of likely N-dealkylation sites (tertiary alicyclic amines) is 1. The number of ether oxygens (including phenoxy) is 1. The number of rotatable bonds is 4. The molecule has 1 aliphatic rings. The molecule has 21 heavy (non-hydrogen) atoms. The maximum absolute atomic E-state index is 9.00. The van der Waals surface area contributed by atoms with Gasteiger partial charge < -0.3 is 4.74 Å². The fourth-order valence-corrected chi connectivity index (χ4v) is 2.52. The molecule has 0 bridgehead atoms. The number of hydrogen-bond donors (Lipinski definition) is 0. The number of benzene rings is 1. The average Bonchev–Trinajstić information content (AvgIpc) is 2.96. The highest BCUT2D eigenvalue weighted by atomic mass is 16.5. The lowest BCUT2D eigenvalue weighted by Gasteiger charge is -2.16. The van der Waals surface area contributed by atoms with Crippen LogP contribution in [0.3, 0.4) is 0 Å². The first kappa shape index (κ1) is 13.5. The van der Waals surface area contributed by atoms with Crippen molar-refractivity contribution in [3.05, 3.63) is 54.0 Å². The monoisotopic (exact) mass is 280 g/mol. The van der Waals surface area contributed by atoms with E-state index in [0.29, 0.717) is 5.88 Å². The summed E-state index contributed by atoms with van der Waals surface area (Å²) < 4.78 is 5.83. The second-order valence-electron chi connectivity index (χ2n) is 5.07. The lowest BCUT2D eigenvalue weighted by Crippen LogP contribution is -2.25. The van der Waals surface area contributed by atoms with Gasteiger partial charge in [0.2, 0.25) is 5.69 Å². The molecule has 1 unspecified atom stereocenters. The van der Waals surface area contributed by atoms with Gasteiger partial charge in [-0.3, -0.25) is 4.90 Å². The maximum Gasteiger partial charge on any atom is 0.251 e. The molecule has 1 saturated heterocycles. The summed E-state index contributed by atoms with van der Waals surface area (Å²) in [7, 11) is 0. The zero-order chi connectivity index (χ0) is 14.5. The van der Waals surface area contributed by atoms with Crippen molar-refractivity contribution in [2.45, 2.75) is 19.1 Å². The van der Waals surface area contributed by atoms with E-state index < -0.39 is 0 Å². The Bertz CT molecular complexity index is 638. The molecule has 0 amide bonds. The van der Waals surface area contributed by atoms with Crippen LogP contribution < -0.4 is 4.74 Å². The third-order valence-corrected chi connectivity index (χ3v) is 3.53. The normalized spacial score (nSPS) is 18.3. The summed E-state index contributed by atoms with van der Waals surface area (Å²) >= 11 is 0. The van der Waals surface area contributed by atoms with Gasteiger partial charge in [-0.1, -0.05) is 30.3 Å². The molecular formula is C16H16N4O. The van der Waals surface area contributed by atoms with Crippen molar-refractivity contribution in [2.75, 3.05) is 13.1 Å². The summed E-state index contributed by atoms with van der Waals surface area (Å²) in [5.41, 5.74) is 1.55. The van der Waals surface area contributed by atoms with E-state index in [1.807, 2.05) is 12.1 Å². The first-order chi connectivity index (χ1) is 10.3. The van der Waals surface area contributed by atoms with Gasteiger partial charge >= 0.3 is 0 Å².